The fraction of sp³-hybridized carbons (Fsp3) is 0.474. The first-order valence-electron chi connectivity index (χ1n) is 7.96. The minimum atomic E-state index is -1.90. The Morgan fingerprint density at radius 2 is 1.41 bits per heavy atom. The molecule has 0 N–H and O–H groups in total. The van der Waals surface area contributed by atoms with E-state index in [-0.39, 0.29) is 10.6 Å². The van der Waals surface area contributed by atoms with Gasteiger partial charge in [0.25, 0.3) is 0 Å². The molecule has 0 radical (unpaired) electrons. The van der Waals surface area contributed by atoms with E-state index in [1.807, 2.05) is 5.70 Å². The van der Waals surface area contributed by atoms with Crippen molar-refractivity contribution in [2.75, 3.05) is 0 Å². The van der Waals surface area contributed by atoms with E-state index in [4.69, 9.17) is 4.43 Å². The molecule has 0 saturated heterocycles. The molecule has 0 aliphatic carbocycles. The summed E-state index contributed by atoms with van der Waals surface area (Å²) in [6.07, 6.45) is 0. The van der Waals surface area contributed by atoms with Gasteiger partial charge in [-0.15, -0.1) is 18.9 Å². The third-order valence-electron chi connectivity index (χ3n) is 5.36. The van der Waals surface area contributed by atoms with E-state index in [1.54, 1.807) is 0 Å². The van der Waals surface area contributed by atoms with Crippen LogP contribution in [0.3, 0.4) is 0 Å². The SMILES string of the molecule is C=C[Si](C)(C)OC(C)(C)C(C)(c1ccccc1)[Si](C)(C)C=C. The van der Waals surface area contributed by atoms with Crippen LogP contribution in [0.4, 0.5) is 0 Å². The Hall–Kier alpha value is -0.906. The summed E-state index contributed by atoms with van der Waals surface area (Å²) in [5, 5.41) is -0.0731. The molecule has 0 aromatic heterocycles. The van der Waals surface area contributed by atoms with Crippen molar-refractivity contribution in [2.45, 2.75) is 57.6 Å². The molecule has 1 aromatic carbocycles. The van der Waals surface area contributed by atoms with Crippen molar-refractivity contribution >= 4 is 16.4 Å². The Labute approximate surface area is 139 Å². The average Bonchev–Trinajstić information content (AvgIpc) is 2.45. The van der Waals surface area contributed by atoms with Gasteiger partial charge in [-0.05, 0) is 32.5 Å². The normalized spacial score (nSPS) is 16.0. The third-order valence-corrected chi connectivity index (χ3v) is 11.9. The molecule has 22 heavy (non-hydrogen) atoms. The van der Waals surface area contributed by atoms with Gasteiger partial charge in [0.1, 0.15) is 0 Å². The van der Waals surface area contributed by atoms with Gasteiger partial charge < -0.3 is 4.43 Å². The van der Waals surface area contributed by atoms with E-state index >= 15 is 0 Å². The van der Waals surface area contributed by atoms with Gasteiger partial charge in [0.05, 0.1) is 13.7 Å². The Morgan fingerprint density at radius 3 is 1.82 bits per heavy atom. The zero-order valence-electron chi connectivity index (χ0n) is 15.4. The second-order valence-electron chi connectivity index (χ2n) is 7.84. The smallest absolute Gasteiger partial charge is 0.211 e. The van der Waals surface area contributed by atoms with Gasteiger partial charge in [-0.3, -0.25) is 0 Å². The minimum Gasteiger partial charge on any atom is -0.408 e. The topological polar surface area (TPSA) is 9.23 Å². The van der Waals surface area contributed by atoms with E-state index in [0.29, 0.717) is 0 Å². The van der Waals surface area contributed by atoms with E-state index in [0.717, 1.165) is 0 Å². The molecular formula is C19H32OSi2. The lowest BCUT2D eigenvalue weighted by molar-refractivity contribution is 0.0543. The van der Waals surface area contributed by atoms with Crippen LogP contribution in [-0.2, 0) is 9.46 Å². The number of hydrogen-bond acceptors (Lipinski definition) is 1. The number of hydrogen-bond donors (Lipinski definition) is 0. The van der Waals surface area contributed by atoms with E-state index < -0.39 is 16.4 Å². The van der Waals surface area contributed by atoms with E-state index in [2.05, 4.69) is 96.1 Å². The molecular weight excluding hydrogens is 300 g/mol. The van der Waals surface area contributed by atoms with Crippen LogP contribution < -0.4 is 0 Å². The summed E-state index contributed by atoms with van der Waals surface area (Å²) in [6, 6.07) is 10.8. The highest BCUT2D eigenvalue weighted by molar-refractivity contribution is 6.85. The van der Waals surface area contributed by atoms with Crippen molar-refractivity contribution in [3.05, 3.63) is 60.5 Å². The summed E-state index contributed by atoms with van der Waals surface area (Å²) in [5.41, 5.74) is 5.25. The quantitative estimate of drug-likeness (QED) is 0.587. The van der Waals surface area contributed by atoms with Crippen LogP contribution in [0.2, 0.25) is 26.2 Å². The van der Waals surface area contributed by atoms with Crippen LogP contribution in [-0.4, -0.2) is 22.0 Å². The van der Waals surface area contributed by atoms with Gasteiger partial charge in [-0.25, -0.2) is 0 Å². The standard InChI is InChI=1S/C19H32OSi2/c1-10-21(6,7)19(5,17-15-13-12-14-16-17)18(3,4)20-22(8,9)11-2/h10-16H,1-2H2,3-9H3. The van der Waals surface area contributed by atoms with Gasteiger partial charge in [0.15, 0.2) is 0 Å². The summed E-state index contributed by atoms with van der Waals surface area (Å²) in [5.74, 6) is 0. The van der Waals surface area contributed by atoms with Gasteiger partial charge in [-0.2, -0.15) is 0 Å². The van der Waals surface area contributed by atoms with E-state index in [1.165, 1.54) is 5.56 Å². The van der Waals surface area contributed by atoms with E-state index in [9.17, 15) is 0 Å². The first-order chi connectivity index (χ1) is 9.93. The molecule has 1 rings (SSSR count). The molecule has 0 heterocycles. The molecule has 1 nitrogen and oxygen atoms in total. The molecule has 0 amide bonds. The van der Waals surface area contributed by atoms with Crippen molar-refractivity contribution < 1.29 is 4.43 Å². The maximum absolute atomic E-state index is 6.69. The zero-order valence-corrected chi connectivity index (χ0v) is 17.4. The van der Waals surface area contributed by atoms with Crippen molar-refractivity contribution in [3.63, 3.8) is 0 Å². The Kier molecular flexibility index (Phi) is 5.48. The molecule has 122 valence electrons. The van der Waals surface area contributed by atoms with Gasteiger partial charge in [0, 0.05) is 5.04 Å². The predicted molar refractivity (Wildman–Crippen MR) is 104 cm³/mol. The van der Waals surface area contributed by atoms with Crippen LogP contribution >= 0.6 is 0 Å². The molecule has 0 aliphatic rings. The Morgan fingerprint density at radius 1 is 0.909 bits per heavy atom. The fourth-order valence-electron chi connectivity index (χ4n) is 3.27. The first-order valence-corrected chi connectivity index (χ1v) is 14.0. The maximum Gasteiger partial charge on any atom is 0.211 e. The predicted octanol–water partition coefficient (Wildman–Crippen LogP) is 5.64. The Balaban J connectivity index is 3.52. The molecule has 1 atom stereocenters. The second-order valence-corrected chi connectivity index (χ2v) is 16.5. The lowest BCUT2D eigenvalue weighted by Gasteiger charge is -2.54. The first kappa shape index (κ1) is 19.1. The number of rotatable bonds is 7. The molecule has 3 heteroatoms. The largest absolute Gasteiger partial charge is 0.408 e. The average molecular weight is 333 g/mol. The highest BCUT2D eigenvalue weighted by Gasteiger charge is 2.54. The molecule has 0 bridgehead atoms. The second kappa shape index (κ2) is 6.30. The monoisotopic (exact) mass is 332 g/mol. The molecule has 1 unspecified atom stereocenters. The van der Waals surface area contributed by atoms with Crippen molar-refractivity contribution in [1.29, 1.82) is 0 Å². The molecule has 0 aliphatic heterocycles. The minimum absolute atomic E-state index is 0.0731. The van der Waals surface area contributed by atoms with Crippen LogP contribution in [0.15, 0.2) is 54.9 Å². The van der Waals surface area contributed by atoms with Gasteiger partial charge in [0.2, 0.25) is 8.32 Å². The van der Waals surface area contributed by atoms with Gasteiger partial charge >= 0.3 is 0 Å². The lowest BCUT2D eigenvalue weighted by Crippen LogP contribution is -2.64. The maximum atomic E-state index is 6.69. The van der Waals surface area contributed by atoms with Crippen LogP contribution in [0.1, 0.15) is 26.3 Å². The highest BCUT2D eigenvalue weighted by atomic mass is 28.4. The van der Waals surface area contributed by atoms with Crippen molar-refractivity contribution in [2.24, 2.45) is 0 Å². The molecule has 0 fully saturated rings. The van der Waals surface area contributed by atoms with Crippen molar-refractivity contribution in [1.82, 2.24) is 0 Å². The Bertz CT molecular complexity index is 532. The molecule has 0 saturated carbocycles. The highest BCUT2D eigenvalue weighted by Crippen LogP contribution is 2.46. The van der Waals surface area contributed by atoms with Crippen LogP contribution in [0.5, 0.6) is 0 Å². The third kappa shape index (κ3) is 3.37. The molecule has 1 aromatic rings. The summed E-state index contributed by atoms with van der Waals surface area (Å²) >= 11 is 0. The van der Waals surface area contributed by atoms with Crippen LogP contribution in [0, 0.1) is 0 Å². The van der Waals surface area contributed by atoms with Gasteiger partial charge in [-0.1, -0.05) is 56.0 Å². The number of benzene rings is 1. The lowest BCUT2D eigenvalue weighted by atomic mass is 9.85. The van der Waals surface area contributed by atoms with Crippen LogP contribution in [0.25, 0.3) is 0 Å². The molecule has 0 spiro atoms. The van der Waals surface area contributed by atoms with Crippen molar-refractivity contribution in [3.8, 4) is 0 Å². The zero-order chi connectivity index (χ0) is 17.2. The fourth-order valence-corrected chi connectivity index (χ4v) is 7.90. The summed E-state index contributed by atoms with van der Waals surface area (Å²) in [4.78, 5) is 0. The summed E-state index contributed by atoms with van der Waals surface area (Å²) in [6.45, 7) is 24.1. The summed E-state index contributed by atoms with van der Waals surface area (Å²) < 4.78 is 6.69. The summed E-state index contributed by atoms with van der Waals surface area (Å²) in [7, 11) is -3.69.